The quantitative estimate of drug-likeness (QED) is 0.117. The van der Waals surface area contributed by atoms with Crippen molar-refractivity contribution >= 4 is 50.3 Å². The number of anilines is 3. The number of hydrogen-bond acceptors (Lipinski definition) is 8. The number of aliphatic imine (C=N–C) groups is 1. The molecule has 0 radical (unpaired) electrons. The minimum absolute atomic E-state index is 0. The summed E-state index contributed by atoms with van der Waals surface area (Å²) in [5.41, 5.74) is 6.09. The molecule has 0 saturated heterocycles. The normalized spacial score (nSPS) is 13.1. The molecule has 0 heterocycles. The Kier molecular flexibility index (Phi) is 6.78. The van der Waals surface area contributed by atoms with Crippen LogP contribution in [-0.2, 0) is 10.1 Å². The first kappa shape index (κ1) is 24.6. The number of benzene rings is 3. The monoisotopic (exact) mass is 473 g/mol. The molecule has 0 amide bonds. The van der Waals surface area contributed by atoms with Gasteiger partial charge in [0.05, 0.1) is 28.2 Å². The van der Waals surface area contributed by atoms with E-state index in [1.165, 1.54) is 19.1 Å². The minimum atomic E-state index is -4.80. The van der Waals surface area contributed by atoms with Gasteiger partial charge in [0.1, 0.15) is 4.90 Å². The van der Waals surface area contributed by atoms with Gasteiger partial charge in [-0.05, 0) is 43.2 Å². The van der Waals surface area contributed by atoms with Crippen molar-refractivity contribution in [3.8, 4) is 0 Å². The first-order valence-electron chi connectivity index (χ1n) is 9.29. The third-order valence-corrected chi connectivity index (χ3v) is 5.80. The number of ketones is 2. The molecule has 0 fully saturated rings. The molecule has 0 unspecified atom stereocenters. The van der Waals surface area contributed by atoms with Gasteiger partial charge in [0.15, 0.2) is 11.6 Å². The van der Waals surface area contributed by atoms with Gasteiger partial charge in [-0.1, -0.05) is 24.3 Å². The molecule has 0 saturated carbocycles. The van der Waals surface area contributed by atoms with E-state index in [2.05, 4.69) is 10.3 Å². The van der Waals surface area contributed by atoms with Crippen LogP contribution in [0.4, 0.5) is 22.7 Å². The Morgan fingerprint density at radius 2 is 1.55 bits per heavy atom. The molecule has 0 aromatic heterocycles. The molecule has 33 heavy (non-hydrogen) atoms. The fraction of sp³-hybridized carbons (Fsp3) is 0.0455. The van der Waals surface area contributed by atoms with Crippen LogP contribution in [0.2, 0.25) is 0 Å². The maximum absolute atomic E-state index is 13.2. The van der Waals surface area contributed by atoms with Gasteiger partial charge >= 0.3 is 29.6 Å². The van der Waals surface area contributed by atoms with Crippen molar-refractivity contribution < 1.29 is 57.2 Å². The molecule has 3 aromatic carbocycles. The Hall–Kier alpha value is -3.02. The molecule has 11 heteroatoms. The Bertz CT molecular complexity index is 1430. The first-order valence-corrected chi connectivity index (χ1v) is 10.7. The summed E-state index contributed by atoms with van der Waals surface area (Å²) >= 11 is 0. The zero-order valence-corrected chi connectivity index (χ0v) is 20.4. The predicted molar refractivity (Wildman–Crippen MR) is 116 cm³/mol. The zero-order chi connectivity index (χ0) is 23.2. The topological polar surface area (TPSA) is 162 Å². The van der Waals surface area contributed by atoms with Crippen LogP contribution < -0.4 is 45.7 Å². The Morgan fingerprint density at radius 1 is 1.00 bits per heavy atom. The van der Waals surface area contributed by atoms with E-state index < -0.39 is 32.3 Å². The minimum Gasteiger partial charge on any atom is -0.862 e. The van der Waals surface area contributed by atoms with Crippen molar-refractivity contribution in [2.45, 2.75) is 11.8 Å². The second-order valence-corrected chi connectivity index (χ2v) is 8.46. The summed E-state index contributed by atoms with van der Waals surface area (Å²) in [5, 5.41) is 14.0. The summed E-state index contributed by atoms with van der Waals surface area (Å²) in [5.74, 6) is -1.52. The number of nitrogens with zero attached hydrogens (tertiary/aromatic N) is 1. The van der Waals surface area contributed by atoms with Crippen molar-refractivity contribution in [2.75, 3.05) is 11.1 Å². The molecule has 1 aliphatic rings. The third kappa shape index (κ3) is 4.56. The largest absolute Gasteiger partial charge is 1.00 e. The fourth-order valence-electron chi connectivity index (χ4n) is 3.56. The van der Waals surface area contributed by atoms with Crippen LogP contribution in [0.3, 0.4) is 0 Å². The van der Waals surface area contributed by atoms with Crippen molar-refractivity contribution in [1.82, 2.24) is 0 Å². The van der Waals surface area contributed by atoms with Crippen LogP contribution in [0.5, 0.6) is 0 Å². The molecule has 0 spiro atoms. The van der Waals surface area contributed by atoms with Gasteiger partial charge in [0, 0.05) is 16.8 Å². The molecular formula is C22H16N3NaO6S. The summed E-state index contributed by atoms with van der Waals surface area (Å²) in [6, 6.07) is 13.3. The van der Waals surface area contributed by atoms with Crippen molar-refractivity contribution in [3.63, 3.8) is 0 Å². The smallest absolute Gasteiger partial charge is 0.862 e. The van der Waals surface area contributed by atoms with Crippen LogP contribution in [-0.4, -0.2) is 30.4 Å². The Morgan fingerprint density at radius 3 is 2.06 bits per heavy atom. The van der Waals surface area contributed by atoms with Crippen molar-refractivity contribution in [2.24, 2.45) is 4.99 Å². The number of nitrogens with two attached hydrogens (primary N) is 1. The number of carbonyl (C=O) groups excluding carboxylic acids is 2. The zero-order valence-electron chi connectivity index (χ0n) is 17.6. The van der Waals surface area contributed by atoms with Gasteiger partial charge in [-0.3, -0.25) is 19.1 Å². The predicted octanol–water partition coefficient (Wildman–Crippen LogP) is -0.551. The molecule has 1 aliphatic carbocycles. The fourth-order valence-corrected chi connectivity index (χ4v) is 4.21. The number of rotatable bonds is 4. The Balaban J connectivity index is 0.00000306. The summed E-state index contributed by atoms with van der Waals surface area (Å²) in [6.45, 7) is 1.31. The first-order chi connectivity index (χ1) is 15.1. The number of nitrogens with one attached hydrogen (secondary N) is 1. The number of fused-ring (bicyclic) bond motifs is 2. The van der Waals surface area contributed by atoms with E-state index in [0.29, 0.717) is 11.4 Å². The molecule has 9 nitrogen and oxygen atoms in total. The van der Waals surface area contributed by atoms with Crippen LogP contribution in [0.15, 0.2) is 64.5 Å². The second-order valence-electron chi connectivity index (χ2n) is 7.07. The van der Waals surface area contributed by atoms with Gasteiger partial charge < -0.3 is 16.2 Å². The van der Waals surface area contributed by atoms with Gasteiger partial charge in [-0.15, -0.1) is 0 Å². The van der Waals surface area contributed by atoms with Gasteiger partial charge in [0.25, 0.3) is 10.1 Å². The molecule has 0 bridgehead atoms. The average molecular weight is 473 g/mol. The maximum atomic E-state index is 13.2. The van der Waals surface area contributed by atoms with E-state index >= 15 is 0 Å². The summed E-state index contributed by atoms with van der Waals surface area (Å²) < 4.78 is 33.5. The summed E-state index contributed by atoms with van der Waals surface area (Å²) in [4.78, 5) is 29.5. The molecule has 3 aromatic rings. The van der Waals surface area contributed by atoms with E-state index in [9.17, 15) is 27.7 Å². The SMILES string of the molecule is CC([O-])=Nc1ccc(Nc2cc(S(=O)(=O)O)c(N)c3c2C(=O)c2ccccc2C3=O)cc1.[Na+]. The molecule has 4 rings (SSSR count). The third-order valence-electron chi connectivity index (χ3n) is 4.91. The average Bonchev–Trinajstić information content (AvgIpc) is 2.73. The summed E-state index contributed by atoms with van der Waals surface area (Å²) in [6.07, 6.45) is 0. The van der Waals surface area contributed by atoms with Crippen LogP contribution in [0, 0.1) is 0 Å². The van der Waals surface area contributed by atoms with Crippen LogP contribution in [0.1, 0.15) is 38.8 Å². The molecule has 0 aliphatic heterocycles. The maximum Gasteiger partial charge on any atom is 1.00 e. The van der Waals surface area contributed by atoms with Crippen LogP contribution >= 0.6 is 0 Å². The standard InChI is InChI=1S/C22H17N3O6S.Na/c1-11(26)24-12-6-8-13(9-7-12)25-16-10-17(32(29,30)31)20(23)19-18(16)21(27)14-4-2-3-5-15(14)22(19)28;/h2-10,25H,23H2,1H3,(H,24,26)(H,29,30,31);/q;+1/p-1. The Labute approximate surface area is 211 Å². The van der Waals surface area contributed by atoms with E-state index in [-0.39, 0.29) is 63.4 Å². The van der Waals surface area contributed by atoms with Gasteiger partial charge in [-0.2, -0.15) is 8.42 Å². The molecular weight excluding hydrogens is 457 g/mol. The van der Waals surface area contributed by atoms with E-state index in [0.717, 1.165) is 6.07 Å². The van der Waals surface area contributed by atoms with Crippen molar-refractivity contribution in [1.29, 1.82) is 0 Å². The second kappa shape index (κ2) is 9.08. The van der Waals surface area contributed by atoms with E-state index in [1.54, 1.807) is 36.4 Å². The molecule has 162 valence electrons. The van der Waals surface area contributed by atoms with Gasteiger partial charge in [-0.25, -0.2) is 0 Å². The van der Waals surface area contributed by atoms with E-state index in [4.69, 9.17) is 5.73 Å². The van der Waals surface area contributed by atoms with E-state index in [1.807, 2.05) is 0 Å². The molecule has 0 atom stereocenters. The molecule has 4 N–H and O–H groups in total. The van der Waals surface area contributed by atoms with Gasteiger partial charge in [0.2, 0.25) is 0 Å². The van der Waals surface area contributed by atoms with Crippen molar-refractivity contribution in [3.05, 3.63) is 76.9 Å². The van der Waals surface area contributed by atoms with Crippen LogP contribution in [0.25, 0.3) is 0 Å². The number of hydrogen-bond donors (Lipinski definition) is 3. The summed E-state index contributed by atoms with van der Waals surface area (Å²) in [7, 11) is -4.80. The number of carbonyl (C=O) groups is 2. The number of nitrogen functional groups attached to an aromatic ring is 1.